The summed E-state index contributed by atoms with van der Waals surface area (Å²) >= 11 is 3.50. The highest BCUT2D eigenvalue weighted by Crippen LogP contribution is 2.57. The first-order valence-electron chi connectivity index (χ1n) is 24.0. The van der Waals surface area contributed by atoms with E-state index < -0.39 is 0 Å². The summed E-state index contributed by atoms with van der Waals surface area (Å²) in [6.45, 7) is -0.429. The minimum atomic E-state index is -0.276. The van der Waals surface area contributed by atoms with Crippen molar-refractivity contribution in [3.63, 3.8) is 0 Å². The fourth-order valence-corrected chi connectivity index (χ4v) is 15.7. The lowest BCUT2D eigenvalue weighted by Crippen LogP contribution is -2.59. The minimum Gasteiger partial charge on any atom is -0.458 e. The Labute approximate surface area is 413 Å². The predicted octanol–water partition coefficient (Wildman–Crippen LogP) is 13.6. The molecule has 330 valence electrons. The molecule has 10 aromatic carbocycles. The highest BCUT2D eigenvalue weighted by Gasteiger charge is 2.51. The van der Waals surface area contributed by atoms with Crippen LogP contribution >= 0.6 is 22.7 Å². The van der Waals surface area contributed by atoms with Gasteiger partial charge >= 0.3 is 0 Å². The van der Waals surface area contributed by atoms with Crippen LogP contribution in [0.5, 0.6) is 69.0 Å². The van der Waals surface area contributed by atoms with Crippen molar-refractivity contribution in [1.29, 1.82) is 0 Å². The third-order valence-electron chi connectivity index (χ3n) is 16.1. The Morgan fingerprint density at radius 3 is 1.57 bits per heavy atom. The second-order valence-corrected chi connectivity index (χ2v) is 21.7. The van der Waals surface area contributed by atoms with E-state index in [2.05, 4.69) is 84.9 Å². The minimum absolute atomic E-state index is 0.153. The highest BCUT2D eigenvalue weighted by molar-refractivity contribution is 7.27. The summed E-state index contributed by atoms with van der Waals surface area (Å²) in [5.74, 6) is 9.21. The monoisotopic (exact) mass is 958 g/mol. The van der Waals surface area contributed by atoms with Crippen molar-refractivity contribution in [3.8, 4) is 80.1 Å². The summed E-state index contributed by atoms with van der Waals surface area (Å²) in [6, 6.07) is 50.2. The average molecular weight is 959 g/mol. The molecule has 12 heteroatoms. The molecule has 0 saturated heterocycles. The topological polar surface area (TPSA) is 81.7 Å². The number of thiophene rings is 2. The molecule has 0 spiro atoms. The van der Waals surface area contributed by atoms with E-state index in [0.29, 0.717) is 28.4 Å². The lowest BCUT2D eigenvalue weighted by atomic mass is 9.33. The summed E-state index contributed by atoms with van der Waals surface area (Å²) in [7, 11) is 0. The average Bonchev–Trinajstić information content (AvgIpc) is 4.19. The normalized spacial score (nSPS) is 14.4. The van der Waals surface area contributed by atoms with E-state index in [1.165, 1.54) is 10.1 Å². The van der Waals surface area contributed by atoms with Crippen molar-refractivity contribution in [1.82, 2.24) is 0 Å². The lowest BCUT2D eigenvalue weighted by Gasteiger charge is -2.38. The molecule has 0 unspecified atom stereocenters. The molecule has 6 aliphatic heterocycles. The van der Waals surface area contributed by atoms with Gasteiger partial charge in [-0.25, -0.2) is 0 Å². The van der Waals surface area contributed by atoms with Gasteiger partial charge in [-0.05, 0) is 54.6 Å². The Kier molecular flexibility index (Phi) is 6.03. The van der Waals surface area contributed by atoms with Crippen LogP contribution in [-0.4, -0.2) is 13.4 Å². The molecule has 0 saturated carbocycles. The predicted molar refractivity (Wildman–Crippen MR) is 288 cm³/mol. The molecule has 72 heavy (non-hydrogen) atoms. The van der Waals surface area contributed by atoms with Crippen molar-refractivity contribution >= 4 is 153 Å². The zero-order valence-electron chi connectivity index (χ0n) is 37.1. The first-order valence-corrected chi connectivity index (χ1v) is 25.6. The van der Waals surface area contributed by atoms with Crippen LogP contribution in [0.4, 0.5) is 0 Å². The van der Waals surface area contributed by atoms with Crippen LogP contribution in [0.2, 0.25) is 0 Å². The molecule has 0 amide bonds. The Hall–Kier alpha value is -8.83. The number of benzene rings is 10. The van der Waals surface area contributed by atoms with Crippen molar-refractivity contribution in [2.45, 2.75) is 0 Å². The second-order valence-electron chi connectivity index (χ2n) is 19.5. The Morgan fingerprint density at radius 2 is 0.847 bits per heavy atom. The van der Waals surface area contributed by atoms with Gasteiger partial charge in [0.2, 0.25) is 0 Å². The molecule has 10 heterocycles. The van der Waals surface area contributed by atoms with Gasteiger partial charge in [-0.2, -0.15) is 0 Å². The summed E-state index contributed by atoms with van der Waals surface area (Å²) in [5.41, 5.74) is 10.8. The van der Waals surface area contributed by atoms with E-state index >= 15 is 0 Å². The summed E-state index contributed by atoms with van der Waals surface area (Å²) < 4.78 is 60.9. The second kappa shape index (κ2) is 12.0. The van der Waals surface area contributed by atoms with Crippen LogP contribution in [0.25, 0.3) is 95.3 Å². The number of hydrogen-bond donors (Lipinski definition) is 0. The van der Waals surface area contributed by atoms with Crippen molar-refractivity contribution in [2.75, 3.05) is 0 Å². The molecule has 0 atom stereocenters. The molecular formula is C60H24B2O8S2. The molecule has 0 aliphatic carbocycles. The first kappa shape index (κ1) is 36.2. The summed E-state index contributed by atoms with van der Waals surface area (Å²) in [5, 5.41) is 8.13. The number of rotatable bonds is 1. The Morgan fingerprint density at radius 1 is 0.319 bits per heavy atom. The van der Waals surface area contributed by atoms with Crippen LogP contribution in [-0.2, 0) is 0 Å². The molecule has 4 aromatic heterocycles. The molecule has 0 radical (unpaired) electrons. The quantitative estimate of drug-likeness (QED) is 0.151. The zero-order valence-corrected chi connectivity index (χ0v) is 38.7. The van der Waals surface area contributed by atoms with Gasteiger partial charge < -0.3 is 37.3 Å². The van der Waals surface area contributed by atoms with E-state index in [0.717, 1.165) is 159 Å². The zero-order chi connectivity index (χ0) is 46.0. The van der Waals surface area contributed by atoms with Crippen molar-refractivity contribution in [2.24, 2.45) is 0 Å². The summed E-state index contributed by atoms with van der Waals surface area (Å²) in [4.78, 5) is 0. The third-order valence-corrected chi connectivity index (χ3v) is 18.4. The molecular weight excluding hydrogens is 934 g/mol. The van der Waals surface area contributed by atoms with Crippen molar-refractivity contribution in [3.05, 3.63) is 146 Å². The van der Waals surface area contributed by atoms with Gasteiger partial charge in [-0.3, -0.25) is 0 Å². The number of ether oxygens (including phenoxy) is 6. The molecule has 0 N–H and O–H groups in total. The van der Waals surface area contributed by atoms with Gasteiger partial charge in [0.1, 0.15) is 85.7 Å². The van der Waals surface area contributed by atoms with Crippen molar-refractivity contribution < 1.29 is 37.3 Å². The van der Waals surface area contributed by atoms with Gasteiger partial charge in [-0.15, -0.1) is 22.7 Å². The highest BCUT2D eigenvalue weighted by atomic mass is 32.1. The standard InChI is InChI=1S/C60H24B2O8S2/c1-4-15-30-25(10-1)43-36(63-30)22-37-50-55(43)69-59-46-26-11-2-5-16-31(26)67-54(46)47(58-53(59)62(50)49-34(64-37)19-9-20-35(49)68-58)29-14-7-13-28-45-42(72-60(28)29)24-39-52-57(45)70-56-44-27-12-3-6-21-40(27)71-41(44)23-38-51(56)61(52)48-32(65-38)17-8-18-33(48)66-39/h1-24H. The molecule has 0 fully saturated rings. The molecule has 20 rings (SSSR count). The first-order chi connectivity index (χ1) is 35.7. The van der Waals surface area contributed by atoms with E-state index in [9.17, 15) is 0 Å². The third kappa shape index (κ3) is 4.04. The van der Waals surface area contributed by atoms with Crippen LogP contribution in [0, 0.1) is 0 Å². The van der Waals surface area contributed by atoms with Gasteiger partial charge in [-0.1, -0.05) is 84.9 Å². The number of para-hydroxylation sites is 2. The van der Waals surface area contributed by atoms with Crippen LogP contribution in [0.15, 0.2) is 154 Å². The number of hydrogen-bond acceptors (Lipinski definition) is 10. The number of furan rings is 2. The SMILES string of the molecule is c1cc2c3c(c1)Oc1cc4sc5c(-c6c7c8c(c9c6oc6ccccc69)Oc6c9c(cc%10oc%11ccccc%11c6%10)Oc6cccc(c6B98)O7)cccc5c4c4c1B3c1c(cc3sc5ccccc5c3c1O4)O2. The van der Waals surface area contributed by atoms with Gasteiger partial charge in [0.05, 0.1) is 16.3 Å². The van der Waals surface area contributed by atoms with E-state index in [4.69, 9.17) is 37.3 Å². The maximum absolute atomic E-state index is 7.52. The maximum Gasteiger partial charge on any atom is 0.270 e. The van der Waals surface area contributed by atoms with E-state index in [-0.39, 0.29) is 13.4 Å². The molecule has 8 nitrogen and oxygen atoms in total. The Balaban J connectivity index is 0.901. The van der Waals surface area contributed by atoms with Crippen LogP contribution in [0.3, 0.4) is 0 Å². The van der Waals surface area contributed by atoms with Gasteiger partial charge in [0.15, 0.2) is 5.58 Å². The van der Waals surface area contributed by atoms with Gasteiger partial charge in [0.25, 0.3) is 13.4 Å². The smallest absolute Gasteiger partial charge is 0.270 e. The largest absolute Gasteiger partial charge is 0.458 e. The maximum atomic E-state index is 7.52. The van der Waals surface area contributed by atoms with E-state index in [1.807, 2.05) is 60.7 Å². The molecule has 14 aromatic rings. The van der Waals surface area contributed by atoms with Crippen LogP contribution in [0.1, 0.15) is 0 Å². The molecule has 6 aliphatic rings. The van der Waals surface area contributed by atoms with E-state index in [1.54, 1.807) is 22.7 Å². The fraction of sp³-hybridized carbons (Fsp3) is 0. The number of fused-ring (bicyclic) bond motifs is 16. The fourth-order valence-electron chi connectivity index (χ4n) is 13.3. The summed E-state index contributed by atoms with van der Waals surface area (Å²) in [6.07, 6.45) is 0. The molecule has 0 bridgehead atoms. The van der Waals surface area contributed by atoms with Crippen LogP contribution < -0.4 is 61.2 Å². The lowest BCUT2D eigenvalue weighted by molar-refractivity contribution is 0.447. The Bertz CT molecular complexity index is 5040. The van der Waals surface area contributed by atoms with Gasteiger partial charge in [0, 0.05) is 95.5 Å².